The van der Waals surface area contributed by atoms with E-state index in [4.69, 9.17) is 5.73 Å². The summed E-state index contributed by atoms with van der Waals surface area (Å²) >= 11 is 0. The number of aromatic nitrogens is 1. The number of alkyl halides is 3. The number of nitrogens with two attached hydrogens (primary N) is 1. The number of hydrogen-bond acceptors (Lipinski definition) is 3. The van der Waals surface area contributed by atoms with Gasteiger partial charge in [0.05, 0.1) is 29.0 Å². The van der Waals surface area contributed by atoms with Gasteiger partial charge in [0.1, 0.15) is 0 Å². The van der Waals surface area contributed by atoms with Gasteiger partial charge < -0.3 is 10.6 Å². The summed E-state index contributed by atoms with van der Waals surface area (Å²) in [4.78, 5) is 6.20. The normalized spacial score (nSPS) is 17.4. The van der Waals surface area contributed by atoms with Gasteiger partial charge in [-0.1, -0.05) is 18.2 Å². The molecular formula is C15H16F3N3. The van der Waals surface area contributed by atoms with Gasteiger partial charge in [-0.25, -0.2) is 0 Å². The zero-order chi connectivity index (χ0) is 15.0. The fraction of sp³-hybridized carbons (Fsp3) is 0.400. The maximum absolute atomic E-state index is 12.7. The molecule has 3 rings (SSSR count). The van der Waals surface area contributed by atoms with Crippen molar-refractivity contribution in [2.75, 3.05) is 23.7 Å². The van der Waals surface area contributed by atoms with Crippen LogP contribution in [0, 0.1) is 5.92 Å². The zero-order valence-electron chi connectivity index (χ0n) is 11.4. The monoisotopic (exact) mass is 295 g/mol. The lowest BCUT2D eigenvalue weighted by molar-refractivity contribution is -0.179. The quantitative estimate of drug-likeness (QED) is 0.874. The lowest BCUT2D eigenvalue weighted by Gasteiger charge is -2.35. The summed E-state index contributed by atoms with van der Waals surface area (Å²) in [6, 6.07) is 7.55. The minimum absolute atomic E-state index is 0.111. The summed E-state index contributed by atoms with van der Waals surface area (Å²) in [5, 5.41) is 0.892. The van der Waals surface area contributed by atoms with Crippen LogP contribution >= 0.6 is 0 Å². The van der Waals surface area contributed by atoms with Gasteiger partial charge in [0, 0.05) is 18.5 Å². The molecule has 2 heterocycles. The topological polar surface area (TPSA) is 42.1 Å². The maximum atomic E-state index is 12.7. The Morgan fingerprint density at radius 1 is 1.14 bits per heavy atom. The van der Waals surface area contributed by atoms with Crippen molar-refractivity contribution in [1.82, 2.24) is 4.98 Å². The Balaban J connectivity index is 1.91. The molecule has 0 spiro atoms. The van der Waals surface area contributed by atoms with Gasteiger partial charge in [-0.2, -0.15) is 13.2 Å². The Morgan fingerprint density at radius 2 is 1.81 bits per heavy atom. The fourth-order valence-corrected chi connectivity index (χ4v) is 2.93. The number of anilines is 2. The van der Waals surface area contributed by atoms with E-state index in [0.29, 0.717) is 18.8 Å². The Hall–Kier alpha value is -1.98. The molecule has 0 saturated carbocycles. The minimum Gasteiger partial charge on any atom is -0.396 e. The Kier molecular flexibility index (Phi) is 3.39. The first-order valence-electron chi connectivity index (χ1n) is 6.91. The van der Waals surface area contributed by atoms with Gasteiger partial charge in [-0.05, 0) is 18.9 Å². The third kappa shape index (κ3) is 2.62. The van der Waals surface area contributed by atoms with Gasteiger partial charge in [0.15, 0.2) is 0 Å². The first-order valence-corrected chi connectivity index (χ1v) is 6.91. The fourth-order valence-electron chi connectivity index (χ4n) is 2.93. The molecule has 0 aliphatic carbocycles. The average molecular weight is 295 g/mol. The summed E-state index contributed by atoms with van der Waals surface area (Å²) in [5.74, 6) is -1.21. The second kappa shape index (κ2) is 5.09. The standard InChI is InChI=1S/C15H16F3N3/c16-15(17,18)10-5-7-21(8-6-10)14-11-3-1-2-4-13(11)20-9-12(14)19/h1-4,9-10H,5-8,19H2. The van der Waals surface area contributed by atoms with E-state index in [2.05, 4.69) is 4.98 Å². The number of piperidine rings is 1. The largest absolute Gasteiger partial charge is 0.396 e. The highest BCUT2D eigenvalue weighted by Crippen LogP contribution is 2.38. The molecule has 1 aromatic carbocycles. The van der Waals surface area contributed by atoms with E-state index >= 15 is 0 Å². The second-order valence-corrected chi connectivity index (χ2v) is 5.38. The number of nitrogen functional groups attached to an aromatic ring is 1. The van der Waals surface area contributed by atoms with Gasteiger partial charge >= 0.3 is 6.18 Å². The van der Waals surface area contributed by atoms with E-state index in [1.54, 1.807) is 6.20 Å². The Morgan fingerprint density at radius 3 is 2.48 bits per heavy atom. The van der Waals surface area contributed by atoms with E-state index in [0.717, 1.165) is 16.6 Å². The SMILES string of the molecule is Nc1cnc2ccccc2c1N1CCC(C(F)(F)F)CC1. The molecule has 0 radical (unpaired) electrons. The predicted octanol–water partition coefficient (Wildman–Crippen LogP) is 3.60. The highest BCUT2D eigenvalue weighted by molar-refractivity contribution is 5.97. The van der Waals surface area contributed by atoms with Crippen LogP contribution in [-0.2, 0) is 0 Å². The minimum atomic E-state index is -4.10. The van der Waals surface area contributed by atoms with Gasteiger partial charge in [0.2, 0.25) is 0 Å². The van der Waals surface area contributed by atoms with Crippen molar-refractivity contribution < 1.29 is 13.2 Å². The number of hydrogen-bond donors (Lipinski definition) is 1. The molecule has 2 N–H and O–H groups in total. The molecule has 2 aromatic rings. The highest BCUT2D eigenvalue weighted by atomic mass is 19.4. The number of para-hydroxylation sites is 1. The molecule has 0 unspecified atom stereocenters. The third-order valence-corrected chi connectivity index (χ3v) is 4.05. The van der Waals surface area contributed by atoms with Crippen LogP contribution < -0.4 is 10.6 Å². The molecule has 1 fully saturated rings. The number of rotatable bonds is 1. The van der Waals surface area contributed by atoms with Gasteiger partial charge in [0.25, 0.3) is 0 Å². The van der Waals surface area contributed by atoms with Crippen molar-refractivity contribution in [2.24, 2.45) is 5.92 Å². The van der Waals surface area contributed by atoms with Gasteiger partial charge in [-0.15, -0.1) is 0 Å². The summed E-state index contributed by atoms with van der Waals surface area (Å²) in [7, 11) is 0. The molecule has 1 saturated heterocycles. The molecule has 6 heteroatoms. The van der Waals surface area contributed by atoms with Crippen molar-refractivity contribution in [1.29, 1.82) is 0 Å². The van der Waals surface area contributed by atoms with Crippen LogP contribution in [0.5, 0.6) is 0 Å². The van der Waals surface area contributed by atoms with E-state index in [-0.39, 0.29) is 12.8 Å². The van der Waals surface area contributed by atoms with Crippen LogP contribution in [0.3, 0.4) is 0 Å². The molecule has 112 valence electrons. The third-order valence-electron chi connectivity index (χ3n) is 4.05. The van der Waals surface area contributed by atoms with Crippen molar-refractivity contribution in [3.63, 3.8) is 0 Å². The molecular weight excluding hydrogens is 279 g/mol. The van der Waals surface area contributed by atoms with Crippen LogP contribution in [0.25, 0.3) is 10.9 Å². The molecule has 1 aromatic heterocycles. The van der Waals surface area contributed by atoms with E-state index < -0.39 is 12.1 Å². The van der Waals surface area contributed by atoms with Gasteiger partial charge in [-0.3, -0.25) is 4.98 Å². The Bertz CT molecular complexity index is 646. The van der Waals surface area contributed by atoms with E-state index in [1.165, 1.54) is 0 Å². The molecule has 0 atom stereocenters. The van der Waals surface area contributed by atoms with Crippen LogP contribution in [0.1, 0.15) is 12.8 Å². The Labute approximate surface area is 120 Å². The maximum Gasteiger partial charge on any atom is 0.391 e. The van der Waals surface area contributed by atoms with Crippen molar-refractivity contribution >= 4 is 22.3 Å². The lowest BCUT2D eigenvalue weighted by Crippen LogP contribution is -2.39. The second-order valence-electron chi connectivity index (χ2n) is 5.38. The molecule has 0 amide bonds. The molecule has 1 aliphatic rings. The summed E-state index contributed by atoms with van der Waals surface area (Å²) in [6.45, 7) is 0.727. The number of halogens is 3. The predicted molar refractivity (Wildman–Crippen MR) is 77.1 cm³/mol. The molecule has 3 nitrogen and oxygen atoms in total. The van der Waals surface area contributed by atoms with Crippen LogP contribution in [0.4, 0.5) is 24.5 Å². The van der Waals surface area contributed by atoms with Crippen molar-refractivity contribution in [2.45, 2.75) is 19.0 Å². The van der Waals surface area contributed by atoms with E-state index in [9.17, 15) is 13.2 Å². The zero-order valence-corrected chi connectivity index (χ0v) is 11.4. The summed E-state index contributed by atoms with van der Waals surface area (Å²) in [5.41, 5.74) is 8.14. The molecule has 21 heavy (non-hydrogen) atoms. The molecule has 0 bridgehead atoms. The van der Waals surface area contributed by atoms with Crippen LogP contribution in [-0.4, -0.2) is 24.2 Å². The van der Waals surface area contributed by atoms with Crippen molar-refractivity contribution in [3.8, 4) is 0 Å². The average Bonchev–Trinajstić information content (AvgIpc) is 2.46. The van der Waals surface area contributed by atoms with Crippen LogP contribution in [0.15, 0.2) is 30.5 Å². The van der Waals surface area contributed by atoms with Crippen LogP contribution in [0.2, 0.25) is 0 Å². The first kappa shape index (κ1) is 14.0. The van der Waals surface area contributed by atoms with E-state index in [1.807, 2.05) is 29.2 Å². The lowest BCUT2D eigenvalue weighted by atomic mass is 9.95. The summed E-state index contributed by atoms with van der Waals surface area (Å²) in [6.07, 6.45) is -2.30. The smallest absolute Gasteiger partial charge is 0.391 e. The summed E-state index contributed by atoms with van der Waals surface area (Å²) < 4.78 is 38.2. The van der Waals surface area contributed by atoms with Crippen molar-refractivity contribution in [3.05, 3.63) is 30.5 Å². The molecule has 1 aliphatic heterocycles. The number of nitrogens with zero attached hydrogens (tertiary/aromatic N) is 2. The first-order chi connectivity index (χ1) is 9.97. The highest BCUT2D eigenvalue weighted by Gasteiger charge is 2.41. The number of fused-ring (bicyclic) bond motifs is 1. The number of pyridine rings is 1. The number of benzene rings is 1.